The minimum atomic E-state index is -0.881. The normalized spacial score (nSPS) is 11.3. The molecule has 0 saturated carbocycles. The number of carbonyl (C=O) groups is 3. The fourth-order valence-corrected chi connectivity index (χ4v) is 3.34. The number of hydrazine groups is 1. The highest BCUT2D eigenvalue weighted by Crippen LogP contribution is 2.24. The van der Waals surface area contributed by atoms with Crippen LogP contribution in [0.3, 0.4) is 0 Å². The van der Waals surface area contributed by atoms with Gasteiger partial charge in [-0.3, -0.25) is 20.4 Å². The maximum Gasteiger partial charge on any atom is 0.319 e. The Labute approximate surface area is 181 Å². The van der Waals surface area contributed by atoms with Gasteiger partial charge in [0.1, 0.15) is 16.9 Å². The van der Waals surface area contributed by atoms with E-state index in [4.69, 9.17) is 0 Å². The van der Waals surface area contributed by atoms with Gasteiger partial charge in [-0.05, 0) is 43.3 Å². The number of benzene rings is 2. The molecule has 31 heavy (non-hydrogen) atoms. The number of hydrogen-bond donors (Lipinski definition) is 4. The van der Waals surface area contributed by atoms with Crippen molar-refractivity contribution in [2.24, 2.45) is 0 Å². The molecular weight excluding hydrogens is 421 g/mol. The van der Waals surface area contributed by atoms with Gasteiger partial charge in [0, 0.05) is 16.6 Å². The molecule has 0 aliphatic heterocycles. The van der Waals surface area contributed by atoms with Crippen molar-refractivity contribution in [3.05, 3.63) is 71.5 Å². The monoisotopic (exact) mass is 441 g/mol. The highest BCUT2D eigenvalue weighted by molar-refractivity contribution is 7.13. The summed E-state index contributed by atoms with van der Waals surface area (Å²) in [6.07, 6.45) is -0.0473. The Morgan fingerprint density at radius 2 is 1.74 bits per heavy atom. The molecule has 1 atom stereocenters. The van der Waals surface area contributed by atoms with Crippen LogP contribution in [0.5, 0.6) is 0 Å². The van der Waals surface area contributed by atoms with Gasteiger partial charge in [0.2, 0.25) is 5.91 Å². The minimum Gasteiger partial charge on any atom is -0.326 e. The van der Waals surface area contributed by atoms with Crippen LogP contribution in [0.1, 0.15) is 12.6 Å². The predicted octanol–water partition coefficient (Wildman–Crippen LogP) is 2.85. The second-order valence-corrected chi connectivity index (χ2v) is 7.41. The second-order valence-electron chi connectivity index (χ2n) is 6.55. The quantitative estimate of drug-likeness (QED) is 0.441. The van der Waals surface area contributed by atoms with Crippen LogP contribution in [0.2, 0.25) is 0 Å². The summed E-state index contributed by atoms with van der Waals surface area (Å²) in [5.74, 6) is -1.39. The molecule has 1 aromatic heterocycles. The Morgan fingerprint density at radius 3 is 2.45 bits per heavy atom. The molecule has 2 aromatic carbocycles. The van der Waals surface area contributed by atoms with E-state index >= 15 is 0 Å². The lowest BCUT2D eigenvalue weighted by molar-refractivity contribution is -0.129. The van der Waals surface area contributed by atoms with Crippen molar-refractivity contribution in [1.82, 2.24) is 21.2 Å². The van der Waals surface area contributed by atoms with Crippen LogP contribution < -0.4 is 21.5 Å². The fraction of sp³-hybridized carbons (Fsp3) is 0.143. The summed E-state index contributed by atoms with van der Waals surface area (Å²) in [6.45, 7) is 1.49. The van der Waals surface area contributed by atoms with E-state index < -0.39 is 23.9 Å². The summed E-state index contributed by atoms with van der Waals surface area (Å²) < 4.78 is 13.0. The Kier molecular flexibility index (Phi) is 7.28. The maximum atomic E-state index is 13.0. The molecular formula is C21H20FN5O3S. The van der Waals surface area contributed by atoms with Gasteiger partial charge in [-0.1, -0.05) is 18.2 Å². The molecule has 160 valence electrons. The van der Waals surface area contributed by atoms with Crippen LogP contribution in [0, 0.1) is 5.82 Å². The summed E-state index contributed by atoms with van der Waals surface area (Å²) in [4.78, 5) is 40.5. The van der Waals surface area contributed by atoms with Gasteiger partial charge in [-0.2, -0.15) is 0 Å². The third-order valence-corrected chi connectivity index (χ3v) is 5.02. The first-order chi connectivity index (χ1) is 14.9. The first-order valence-electron chi connectivity index (χ1n) is 9.32. The van der Waals surface area contributed by atoms with Crippen molar-refractivity contribution >= 4 is 34.9 Å². The number of carbonyl (C=O) groups excluding carboxylic acids is 3. The van der Waals surface area contributed by atoms with Crippen LogP contribution in [0.25, 0.3) is 10.6 Å². The maximum absolute atomic E-state index is 13.0. The smallest absolute Gasteiger partial charge is 0.319 e. The molecule has 3 aromatic rings. The first-order valence-corrected chi connectivity index (χ1v) is 10.2. The third-order valence-electron chi connectivity index (χ3n) is 4.08. The molecule has 0 aliphatic carbocycles. The van der Waals surface area contributed by atoms with E-state index in [2.05, 4.69) is 26.5 Å². The SMILES string of the molecule is C[C@@H](NC(=O)Nc1ccccc1)C(=O)NNC(=O)Cc1csc(-c2ccc(F)cc2)n1. The number of rotatable bonds is 6. The van der Waals surface area contributed by atoms with E-state index in [1.54, 1.807) is 41.8 Å². The predicted molar refractivity (Wildman–Crippen MR) is 116 cm³/mol. The Balaban J connectivity index is 1.43. The summed E-state index contributed by atoms with van der Waals surface area (Å²) in [5.41, 5.74) is 6.42. The van der Waals surface area contributed by atoms with Gasteiger partial charge >= 0.3 is 6.03 Å². The topological polar surface area (TPSA) is 112 Å². The number of halogens is 1. The van der Waals surface area contributed by atoms with Crippen LogP contribution in [-0.2, 0) is 16.0 Å². The molecule has 1 heterocycles. The summed E-state index contributed by atoms with van der Waals surface area (Å²) in [5, 5.41) is 7.46. The second kappa shape index (κ2) is 10.3. The zero-order valence-electron chi connectivity index (χ0n) is 16.5. The highest BCUT2D eigenvalue weighted by atomic mass is 32.1. The van der Waals surface area contributed by atoms with Crippen molar-refractivity contribution in [3.8, 4) is 10.6 Å². The summed E-state index contributed by atoms with van der Waals surface area (Å²) in [6, 6.07) is 13.3. The van der Waals surface area contributed by atoms with E-state index in [1.165, 1.54) is 30.4 Å². The Morgan fingerprint density at radius 1 is 1.03 bits per heavy atom. The molecule has 0 unspecified atom stereocenters. The van der Waals surface area contributed by atoms with Crippen molar-refractivity contribution in [2.75, 3.05) is 5.32 Å². The fourth-order valence-electron chi connectivity index (χ4n) is 2.51. The number of urea groups is 1. The lowest BCUT2D eigenvalue weighted by Crippen LogP contribution is -2.52. The number of para-hydroxylation sites is 1. The average molecular weight is 441 g/mol. The molecule has 4 N–H and O–H groups in total. The van der Waals surface area contributed by atoms with Crippen LogP contribution in [0.4, 0.5) is 14.9 Å². The lowest BCUT2D eigenvalue weighted by Gasteiger charge is -2.15. The number of nitrogens with one attached hydrogen (secondary N) is 4. The van der Waals surface area contributed by atoms with Gasteiger partial charge in [-0.25, -0.2) is 14.2 Å². The zero-order valence-corrected chi connectivity index (χ0v) is 17.3. The zero-order chi connectivity index (χ0) is 22.2. The van der Waals surface area contributed by atoms with Gasteiger partial charge < -0.3 is 10.6 Å². The van der Waals surface area contributed by atoms with Crippen molar-refractivity contribution < 1.29 is 18.8 Å². The van der Waals surface area contributed by atoms with Gasteiger partial charge in [-0.15, -0.1) is 11.3 Å². The van der Waals surface area contributed by atoms with Crippen LogP contribution in [0.15, 0.2) is 60.0 Å². The van der Waals surface area contributed by atoms with Gasteiger partial charge in [0.25, 0.3) is 5.91 Å². The molecule has 3 rings (SSSR count). The third kappa shape index (κ3) is 6.61. The molecule has 0 aliphatic rings. The summed E-state index contributed by atoms with van der Waals surface area (Å²) in [7, 11) is 0. The summed E-state index contributed by atoms with van der Waals surface area (Å²) >= 11 is 1.33. The van der Waals surface area contributed by atoms with E-state index in [-0.39, 0.29) is 12.2 Å². The average Bonchev–Trinajstić information content (AvgIpc) is 3.21. The van der Waals surface area contributed by atoms with Crippen molar-refractivity contribution in [3.63, 3.8) is 0 Å². The van der Waals surface area contributed by atoms with E-state index in [1.807, 2.05) is 6.07 Å². The molecule has 0 fully saturated rings. The number of hydrogen-bond acceptors (Lipinski definition) is 5. The molecule has 10 heteroatoms. The van der Waals surface area contributed by atoms with E-state index in [0.29, 0.717) is 16.4 Å². The minimum absolute atomic E-state index is 0.0473. The Bertz CT molecular complexity index is 1060. The number of nitrogens with zero attached hydrogens (tertiary/aromatic N) is 1. The molecule has 0 radical (unpaired) electrons. The van der Waals surface area contributed by atoms with Crippen LogP contribution >= 0.6 is 11.3 Å². The number of thiazole rings is 1. The molecule has 4 amide bonds. The molecule has 0 spiro atoms. The van der Waals surface area contributed by atoms with Crippen molar-refractivity contribution in [1.29, 1.82) is 0 Å². The van der Waals surface area contributed by atoms with Gasteiger partial charge in [0.15, 0.2) is 0 Å². The largest absolute Gasteiger partial charge is 0.326 e. The number of amides is 4. The van der Waals surface area contributed by atoms with Crippen LogP contribution in [-0.4, -0.2) is 28.9 Å². The number of anilines is 1. The molecule has 8 nitrogen and oxygen atoms in total. The highest BCUT2D eigenvalue weighted by Gasteiger charge is 2.17. The lowest BCUT2D eigenvalue weighted by atomic mass is 10.2. The molecule has 0 bridgehead atoms. The standard InChI is InChI=1S/C21H20FN5O3S/c1-13(23-21(30)25-16-5-3-2-4-6-16)19(29)27-26-18(28)11-17-12-31-20(24-17)14-7-9-15(22)10-8-14/h2-10,12-13H,11H2,1H3,(H,26,28)(H,27,29)(H2,23,25,30)/t13-/m1/s1. The van der Waals surface area contributed by atoms with Crippen molar-refractivity contribution in [2.45, 2.75) is 19.4 Å². The number of aromatic nitrogens is 1. The van der Waals surface area contributed by atoms with Gasteiger partial charge in [0.05, 0.1) is 12.1 Å². The first kappa shape index (κ1) is 21.9. The Hall–Kier alpha value is -3.79. The molecule has 0 saturated heterocycles. The van der Waals surface area contributed by atoms with E-state index in [9.17, 15) is 18.8 Å². The van der Waals surface area contributed by atoms with E-state index in [0.717, 1.165) is 5.56 Å².